The van der Waals surface area contributed by atoms with E-state index in [1.54, 1.807) is 6.20 Å². The number of unbranched alkanes of at least 4 members (excludes halogenated alkanes) is 3. The predicted molar refractivity (Wildman–Crippen MR) is 65.7 cm³/mol. The number of thiazole rings is 1. The molecule has 1 aromatic rings. The van der Waals surface area contributed by atoms with Crippen LogP contribution >= 0.6 is 23.7 Å². The van der Waals surface area contributed by atoms with Gasteiger partial charge in [-0.2, -0.15) is 0 Å². The van der Waals surface area contributed by atoms with Gasteiger partial charge >= 0.3 is 0 Å². The molecule has 0 radical (unpaired) electrons. The van der Waals surface area contributed by atoms with Gasteiger partial charge in [-0.05, 0) is 12.8 Å². The third-order valence-corrected chi connectivity index (χ3v) is 3.11. The van der Waals surface area contributed by atoms with Crippen LogP contribution in [0, 0.1) is 0 Å². The number of halogens is 1. The van der Waals surface area contributed by atoms with Crippen LogP contribution in [0.2, 0.25) is 0 Å². The largest absolute Gasteiger partial charge is 0.365 e. The van der Waals surface area contributed by atoms with Gasteiger partial charge < -0.3 is 5.73 Å². The van der Waals surface area contributed by atoms with Gasteiger partial charge in [-0.1, -0.05) is 26.2 Å². The molecule has 3 nitrogen and oxygen atoms in total. The van der Waals surface area contributed by atoms with E-state index >= 15 is 0 Å². The van der Waals surface area contributed by atoms with E-state index in [0.717, 1.165) is 17.8 Å². The first-order valence-electron chi connectivity index (χ1n) is 4.98. The standard InChI is InChI=1S/C10H16N2OS.ClH/c1-2-3-4-5-6-9-12-7-8(14-9)10(11)13;/h7H,2-6H2,1H3,(H2,11,13);1H. The Kier molecular flexibility index (Phi) is 7.34. The van der Waals surface area contributed by atoms with Gasteiger partial charge in [-0.25, -0.2) is 4.98 Å². The summed E-state index contributed by atoms with van der Waals surface area (Å²) >= 11 is 1.41. The van der Waals surface area contributed by atoms with Crippen molar-refractivity contribution in [2.45, 2.75) is 39.0 Å². The number of hydrogen-bond donors (Lipinski definition) is 1. The van der Waals surface area contributed by atoms with Crippen LogP contribution in [0.25, 0.3) is 0 Å². The zero-order valence-electron chi connectivity index (χ0n) is 8.86. The molecule has 1 amide bonds. The first-order chi connectivity index (χ1) is 6.74. The number of amides is 1. The van der Waals surface area contributed by atoms with Crippen LogP contribution in [0.4, 0.5) is 0 Å². The summed E-state index contributed by atoms with van der Waals surface area (Å²) < 4.78 is 0. The highest BCUT2D eigenvalue weighted by Gasteiger charge is 2.05. The van der Waals surface area contributed by atoms with Crippen molar-refractivity contribution in [2.75, 3.05) is 0 Å². The zero-order chi connectivity index (χ0) is 10.4. The summed E-state index contributed by atoms with van der Waals surface area (Å²) in [7, 11) is 0. The van der Waals surface area contributed by atoms with Crippen molar-refractivity contribution in [3.63, 3.8) is 0 Å². The van der Waals surface area contributed by atoms with Gasteiger partial charge in [0.1, 0.15) is 4.88 Å². The normalized spacial score (nSPS) is 9.67. The molecule has 0 unspecified atom stereocenters. The van der Waals surface area contributed by atoms with Gasteiger partial charge in [0, 0.05) is 0 Å². The summed E-state index contributed by atoms with van der Waals surface area (Å²) in [6.45, 7) is 2.19. The minimum atomic E-state index is -0.373. The van der Waals surface area contributed by atoms with Crippen molar-refractivity contribution < 1.29 is 4.79 Å². The average Bonchev–Trinajstić information content (AvgIpc) is 2.61. The summed E-state index contributed by atoms with van der Waals surface area (Å²) in [5.41, 5.74) is 5.13. The molecule has 1 heterocycles. The Hall–Kier alpha value is -0.610. The van der Waals surface area contributed by atoms with Gasteiger partial charge in [-0.3, -0.25) is 4.79 Å². The summed E-state index contributed by atoms with van der Waals surface area (Å²) in [6.07, 6.45) is 7.44. The van der Waals surface area contributed by atoms with Crippen molar-refractivity contribution >= 4 is 29.7 Å². The maximum atomic E-state index is 10.8. The molecule has 0 spiro atoms. The lowest BCUT2D eigenvalue weighted by Gasteiger charge is -1.95. The smallest absolute Gasteiger partial charge is 0.260 e. The average molecular weight is 249 g/mol. The second kappa shape index (κ2) is 7.65. The highest BCUT2D eigenvalue weighted by molar-refractivity contribution is 7.13. The van der Waals surface area contributed by atoms with E-state index in [4.69, 9.17) is 5.73 Å². The van der Waals surface area contributed by atoms with Gasteiger partial charge in [-0.15, -0.1) is 23.7 Å². The second-order valence-electron chi connectivity index (χ2n) is 3.29. The molecule has 0 fully saturated rings. The highest BCUT2D eigenvalue weighted by atomic mass is 35.5. The Bertz CT molecular complexity index is 301. The molecule has 0 atom stereocenters. The number of nitrogens with zero attached hydrogens (tertiary/aromatic N) is 1. The number of hydrogen-bond acceptors (Lipinski definition) is 3. The molecule has 0 saturated carbocycles. The number of rotatable bonds is 6. The molecule has 1 rings (SSSR count). The third-order valence-electron chi connectivity index (χ3n) is 2.04. The van der Waals surface area contributed by atoms with Crippen molar-refractivity contribution in [3.8, 4) is 0 Å². The van der Waals surface area contributed by atoms with Gasteiger partial charge in [0.25, 0.3) is 5.91 Å². The highest BCUT2D eigenvalue weighted by Crippen LogP contribution is 2.15. The van der Waals surface area contributed by atoms with Gasteiger partial charge in [0.15, 0.2) is 0 Å². The molecule has 0 aliphatic heterocycles. The third kappa shape index (κ3) is 5.14. The van der Waals surface area contributed by atoms with Crippen LogP contribution in [0.1, 0.15) is 47.3 Å². The summed E-state index contributed by atoms with van der Waals surface area (Å²) in [5, 5.41) is 1.02. The van der Waals surface area contributed by atoms with Crippen LogP contribution < -0.4 is 5.73 Å². The molecular weight excluding hydrogens is 232 g/mol. The molecular formula is C10H17ClN2OS. The fourth-order valence-electron chi connectivity index (χ4n) is 1.24. The number of aryl methyl sites for hydroxylation is 1. The summed E-state index contributed by atoms with van der Waals surface area (Å²) in [4.78, 5) is 15.5. The van der Waals surface area contributed by atoms with Crippen molar-refractivity contribution in [1.29, 1.82) is 0 Å². The monoisotopic (exact) mass is 248 g/mol. The minimum Gasteiger partial charge on any atom is -0.365 e. The summed E-state index contributed by atoms with van der Waals surface area (Å²) in [6, 6.07) is 0. The van der Waals surface area contributed by atoms with E-state index in [1.165, 1.54) is 30.6 Å². The van der Waals surface area contributed by atoms with Crippen LogP contribution in [0.5, 0.6) is 0 Å². The van der Waals surface area contributed by atoms with E-state index in [2.05, 4.69) is 11.9 Å². The van der Waals surface area contributed by atoms with E-state index in [9.17, 15) is 4.79 Å². The molecule has 86 valence electrons. The fraction of sp³-hybridized carbons (Fsp3) is 0.600. The Morgan fingerprint density at radius 2 is 2.20 bits per heavy atom. The van der Waals surface area contributed by atoms with Crippen molar-refractivity contribution in [2.24, 2.45) is 5.73 Å². The van der Waals surface area contributed by atoms with E-state index in [1.807, 2.05) is 0 Å². The number of carbonyl (C=O) groups excluding carboxylic acids is 1. The molecule has 0 aromatic carbocycles. The molecule has 5 heteroatoms. The van der Waals surface area contributed by atoms with E-state index < -0.39 is 0 Å². The van der Waals surface area contributed by atoms with Crippen LogP contribution in [0.3, 0.4) is 0 Å². The lowest BCUT2D eigenvalue weighted by molar-refractivity contribution is 0.100. The SMILES string of the molecule is CCCCCCc1ncc(C(N)=O)s1.Cl. The topological polar surface area (TPSA) is 56.0 Å². The quantitative estimate of drug-likeness (QED) is 0.787. The lowest BCUT2D eigenvalue weighted by Crippen LogP contribution is -2.08. The van der Waals surface area contributed by atoms with Gasteiger partial charge in [0.2, 0.25) is 0 Å². The number of nitrogens with two attached hydrogens (primary N) is 1. The molecule has 1 aromatic heterocycles. The van der Waals surface area contributed by atoms with Crippen molar-refractivity contribution in [1.82, 2.24) is 4.98 Å². The molecule has 0 aliphatic rings. The Morgan fingerprint density at radius 1 is 1.47 bits per heavy atom. The Balaban J connectivity index is 0.00000196. The van der Waals surface area contributed by atoms with E-state index in [0.29, 0.717) is 4.88 Å². The zero-order valence-corrected chi connectivity index (χ0v) is 10.5. The van der Waals surface area contributed by atoms with Gasteiger partial charge in [0.05, 0.1) is 11.2 Å². The molecule has 0 bridgehead atoms. The predicted octanol–water partition coefficient (Wildman–Crippen LogP) is 2.79. The summed E-state index contributed by atoms with van der Waals surface area (Å²) in [5.74, 6) is -0.373. The Morgan fingerprint density at radius 3 is 2.73 bits per heavy atom. The van der Waals surface area contributed by atoms with Crippen LogP contribution in [0.15, 0.2) is 6.20 Å². The number of aromatic nitrogens is 1. The molecule has 0 saturated heterocycles. The maximum absolute atomic E-state index is 10.8. The lowest BCUT2D eigenvalue weighted by atomic mass is 10.2. The van der Waals surface area contributed by atoms with E-state index in [-0.39, 0.29) is 18.3 Å². The molecule has 15 heavy (non-hydrogen) atoms. The number of carbonyl (C=O) groups is 1. The van der Waals surface area contributed by atoms with Crippen LogP contribution in [-0.4, -0.2) is 10.9 Å². The minimum absolute atomic E-state index is 0. The van der Waals surface area contributed by atoms with Crippen LogP contribution in [-0.2, 0) is 6.42 Å². The number of primary amides is 1. The van der Waals surface area contributed by atoms with Crippen molar-refractivity contribution in [3.05, 3.63) is 16.1 Å². The second-order valence-corrected chi connectivity index (χ2v) is 4.41. The molecule has 2 N–H and O–H groups in total. The first-order valence-corrected chi connectivity index (χ1v) is 5.80. The first kappa shape index (κ1) is 14.4. The fourth-order valence-corrected chi connectivity index (χ4v) is 2.05. The maximum Gasteiger partial charge on any atom is 0.260 e. The Labute approximate surface area is 101 Å². The molecule has 0 aliphatic carbocycles.